The molecule has 5 aliphatic rings. The number of benzene rings is 2. The van der Waals surface area contributed by atoms with Gasteiger partial charge in [-0.2, -0.15) is 0 Å². The van der Waals surface area contributed by atoms with Crippen LogP contribution in [-0.2, 0) is 4.79 Å². The van der Waals surface area contributed by atoms with E-state index in [0.29, 0.717) is 47.4 Å². The number of Topliss-reactive ketones (excluding diaryl/α,β-unsaturated/α-hetero) is 1. The number of para-hydroxylation sites is 1. The molecule has 5 aliphatic carbocycles. The number of ketones is 1. The third kappa shape index (κ3) is 5.20. The van der Waals surface area contributed by atoms with E-state index in [1.807, 2.05) is 18.2 Å². The van der Waals surface area contributed by atoms with Crippen LogP contribution in [0.3, 0.4) is 0 Å². The Balaban J connectivity index is 1.15. The lowest BCUT2D eigenvalue weighted by Crippen LogP contribution is -2.65. The average molecular weight is 676 g/mol. The van der Waals surface area contributed by atoms with E-state index in [4.69, 9.17) is 0 Å². The standard InChI is InChI=1S/C46H61NO3/c1-30(2)34-21-26-46(39(48)14-11-29-47-33-12-9-8-10-13-33)28-27-44(6)36(40(34)46)19-20-38-43(5)24-22-35(31-15-17-32(18-16-31)41(49)50)42(3,4)37(43)23-25-45(38,44)7/h8-10,12-13,15-18,22,34,36-38,40,47H,1,11,14,19-21,23-29H2,2-7H3,(H,49,50)/t34-,36+,37-,38+,40+,43-,44+,45+,46+/m0/s1. The van der Waals surface area contributed by atoms with Gasteiger partial charge in [-0.05, 0) is 158 Å². The summed E-state index contributed by atoms with van der Waals surface area (Å²) in [4.78, 5) is 26.1. The Morgan fingerprint density at radius 1 is 0.840 bits per heavy atom. The van der Waals surface area contributed by atoms with Gasteiger partial charge in [-0.15, -0.1) is 0 Å². The lowest BCUT2D eigenvalue weighted by atomic mass is 9.32. The van der Waals surface area contributed by atoms with E-state index in [2.05, 4.69) is 83.8 Å². The van der Waals surface area contributed by atoms with Gasteiger partial charge in [0.2, 0.25) is 0 Å². The van der Waals surface area contributed by atoms with Crippen LogP contribution in [0.2, 0.25) is 0 Å². The highest BCUT2D eigenvalue weighted by molar-refractivity contribution is 5.88. The highest BCUT2D eigenvalue weighted by atomic mass is 16.4. The van der Waals surface area contributed by atoms with Crippen LogP contribution in [0.25, 0.3) is 5.57 Å². The number of carbonyl (C=O) groups is 2. The van der Waals surface area contributed by atoms with E-state index >= 15 is 0 Å². The molecule has 0 heterocycles. The molecule has 0 aliphatic heterocycles. The Morgan fingerprint density at radius 3 is 2.24 bits per heavy atom. The summed E-state index contributed by atoms with van der Waals surface area (Å²) in [5.74, 6) is 2.29. The number of fused-ring (bicyclic) bond motifs is 7. The van der Waals surface area contributed by atoms with Crippen molar-refractivity contribution in [3.05, 3.63) is 84.0 Å². The smallest absolute Gasteiger partial charge is 0.335 e. The van der Waals surface area contributed by atoms with Crippen LogP contribution < -0.4 is 5.32 Å². The monoisotopic (exact) mass is 675 g/mol. The molecule has 0 bridgehead atoms. The van der Waals surface area contributed by atoms with Crippen LogP contribution in [0, 0.1) is 56.7 Å². The Hall–Kier alpha value is -3.14. The fraction of sp³-hybridized carbons (Fsp3) is 0.609. The van der Waals surface area contributed by atoms with Crippen molar-refractivity contribution in [2.45, 2.75) is 112 Å². The number of carboxylic acid groups (broad SMARTS) is 1. The van der Waals surface area contributed by atoms with Crippen molar-refractivity contribution in [3.63, 3.8) is 0 Å². The molecule has 7 rings (SSSR count). The number of hydrogen-bond acceptors (Lipinski definition) is 3. The summed E-state index contributed by atoms with van der Waals surface area (Å²) in [5.41, 5.74) is 5.76. The molecule has 4 heteroatoms. The van der Waals surface area contributed by atoms with Gasteiger partial charge in [-0.25, -0.2) is 4.79 Å². The molecule has 2 N–H and O–H groups in total. The summed E-state index contributed by atoms with van der Waals surface area (Å²) in [6.07, 6.45) is 14.5. The second kappa shape index (κ2) is 12.5. The molecule has 50 heavy (non-hydrogen) atoms. The molecule has 0 spiro atoms. The maximum absolute atomic E-state index is 14.5. The molecule has 0 radical (unpaired) electrons. The van der Waals surface area contributed by atoms with E-state index in [1.165, 1.54) is 48.8 Å². The molecule has 0 unspecified atom stereocenters. The molecule has 0 aromatic heterocycles. The molecule has 2 aromatic rings. The first-order valence-corrected chi connectivity index (χ1v) is 19.7. The fourth-order valence-electron chi connectivity index (χ4n) is 13.8. The zero-order valence-electron chi connectivity index (χ0n) is 31.6. The van der Waals surface area contributed by atoms with Crippen molar-refractivity contribution < 1.29 is 14.7 Å². The topological polar surface area (TPSA) is 66.4 Å². The molecule has 0 saturated heterocycles. The zero-order valence-corrected chi connectivity index (χ0v) is 31.6. The van der Waals surface area contributed by atoms with E-state index < -0.39 is 5.97 Å². The first kappa shape index (κ1) is 35.3. The second-order valence-corrected chi connectivity index (χ2v) is 18.6. The Morgan fingerprint density at radius 2 is 1.56 bits per heavy atom. The number of carbonyl (C=O) groups excluding carboxylic acids is 1. The van der Waals surface area contributed by atoms with Crippen LogP contribution in [0.1, 0.15) is 128 Å². The lowest BCUT2D eigenvalue weighted by Gasteiger charge is -2.72. The lowest BCUT2D eigenvalue weighted by molar-refractivity contribution is -0.224. The Labute approximate surface area is 301 Å². The van der Waals surface area contributed by atoms with E-state index in [-0.39, 0.29) is 27.1 Å². The minimum Gasteiger partial charge on any atom is -0.478 e. The van der Waals surface area contributed by atoms with Crippen molar-refractivity contribution >= 4 is 23.0 Å². The summed E-state index contributed by atoms with van der Waals surface area (Å²) >= 11 is 0. The largest absolute Gasteiger partial charge is 0.478 e. The predicted molar refractivity (Wildman–Crippen MR) is 205 cm³/mol. The number of anilines is 1. The first-order valence-electron chi connectivity index (χ1n) is 19.7. The average Bonchev–Trinajstić information content (AvgIpc) is 3.49. The number of aromatic carboxylic acids is 1. The molecule has 4 nitrogen and oxygen atoms in total. The van der Waals surface area contributed by atoms with Crippen LogP contribution >= 0.6 is 0 Å². The van der Waals surface area contributed by atoms with Crippen molar-refractivity contribution in [2.75, 3.05) is 11.9 Å². The van der Waals surface area contributed by atoms with Crippen LogP contribution in [0.15, 0.2) is 72.8 Å². The summed E-state index contributed by atoms with van der Waals surface area (Å²) in [7, 11) is 0. The van der Waals surface area contributed by atoms with Crippen LogP contribution in [-0.4, -0.2) is 23.4 Å². The van der Waals surface area contributed by atoms with Gasteiger partial charge in [0.15, 0.2) is 0 Å². The molecule has 4 saturated carbocycles. The quantitative estimate of drug-likeness (QED) is 0.205. The maximum Gasteiger partial charge on any atom is 0.335 e. The second-order valence-electron chi connectivity index (χ2n) is 18.6. The van der Waals surface area contributed by atoms with Crippen LogP contribution in [0.4, 0.5) is 5.69 Å². The normalized spacial score (nSPS) is 38.4. The molecule has 4 fully saturated rings. The molecule has 9 atom stereocenters. The maximum atomic E-state index is 14.5. The SMILES string of the molecule is C=C(C)[C@@H]1CC[C@]2(C(=O)CCCNc3ccccc3)CC[C@]3(C)[C@H](CC[C@@H]4[C@@]5(C)CC=C(c6ccc(C(=O)O)cc6)C(C)(C)[C@@H]5CC[C@]43C)[C@@H]12. The van der Waals surface area contributed by atoms with E-state index in [9.17, 15) is 14.7 Å². The number of nitrogens with one attached hydrogen (secondary N) is 1. The van der Waals surface area contributed by atoms with Crippen LogP contribution in [0.5, 0.6) is 0 Å². The Kier molecular flexibility index (Phi) is 8.83. The van der Waals surface area contributed by atoms with Crippen molar-refractivity contribution in [3.8, 4) is 0 Å². The van der Waals surface area contributed by atoms with Gasteiger partial charge in [-0.1, -0.05) is 83.2 Å². The van der Waals surface area contributed by atoms with Gasteiger partial charge in [0, 0.05) is 24.1 Å². The highest BCUT2D eigenvalue weighted by Gasteiger charge is 2.71. The van der Waals surface area contributed by atoms with Gasteiger partial charge in [0.1, 0.15) is 5.78 Å². The third-order valence-electron chi connectivity index (χ3n) is 16.3. The third-order valence-corrected chi connectivity index (χ3v) is 16.3. The van der Waals surface area contributed by atoms with Gasteiger partial charge >= 0.3 is 5.97 Å². The molecule has 0 amide bonds. The summed E-state index contributed by atoms with van der Waals surface area (Å²) < 4.78 is 0. The number of rotatable bonds is 9. The van der Waals surface area contributed by atoms with Gasteiger partial charge in [0.25, 0.3) is 0 Å². The summed E-state index contributed by atoms with van der Waals surface area (Å²) in [6.45, 7) is 20.5. The molecule has 2 aromatic carbocycles. The van der Waals surface area contributed by atoms with Crippen molar-refractivity contribution in [2.24, 2.45) is 56.7 Å². The van der Waals surface area contributed by atoms with E-state index in [0.717, 1.165) is 44.3 Å². The number of allylic oxidation sites excluding steroid dienone is 3. The molecule has 268 valence electrons. The van der Waals surface area contributed by atoms with Crippen molar-refractivity contribution in [1.29, 1.82) is 0 Å². The fourth-order valence-corrected chi connectivity index (χ4v) is 13.8. The van der Waals surface area contributed by atoms with E-state index in [1.54, 1.807) is 12.1 Å². The van der Waals surface area contributed by atoms with Crippen molar-refractivity contribution in [1.82, 2.24) is 0 Å². The summed E-state index contributed by atoms with van der Waals surface area (Å²) in [5, 5.41) is 13.0. The van der Waals surface area contributed by atoms with Gasteiger partial charge in [-0.3, -0.25) is 4.79 Å². The minimum atomic E-state index is -0.871. The van der Waals surface area contributed by atoms with Gasteiger partial charge in [0.05, 0.1) is 5.56 Å². The molecular formula is C46H61NO3. The van der Waals surface area contributed by atoms with Gasteiger partial charge < -0.3 is 10.4 Å². The first-order chi connectivity index (χ1) is 23.7. The molecular weight excluding hydrogens is 615 g/mol. The summed E-state index contributed by atoms with van der Waals surface area (Å²) in [6, 6.07) is 17.9. The highest BCUT2D eigenvalue weighted by Crippen LogP contribution is 2.78. The number of hydrogen-bond donors (Lipinski definition) is 2. The minimum absolute atomic E-state index is 0.00315. The predicted octanol–water partition coefficient (Wildman–Crippen LogP) is 11.5. The Bertz CT molecular complexity index is 1670. The number of carboxylic acids is 1. The zero-order chi connectivity index (χ0) is 35.7.